The van der Waals surface area contributed by atoms with Gasteiger partial charge in [-0.3, -0.25) is 4.68 Å². The third kappa shape index (κ3) is 3.22. The summed E-state index contributed by atoms with van der Waals surface area (Å²) in [6.07, 6.45) is 1.59. The quantitative estimate of drug-likeness (QED) is 0.938. The smallest absolute Gasteiger partial charge is 0.137 e. The highest BCUT2D eigenvalue weighted by Crippen LogP contribution is 2.22. The molecule has 2 aromatic rings. The van der Waals surface area contributed by atoms with Crippen LogP contribution in [0.3, 0.4) is 0 Å². The first-order valence-corrected chi connectivity index (χ1v) is 7.03. The monoisotopic (exact) mass is 325 g/mol. The van der Waals surface area contributed by atoms with Gasteiger partial charge >= 0.3 is 0 Å². The molecule has 0 amide bonds. The first kappa shape index (κ1) is 14.2. The Kier molecular flexibility index (Phi) is 4.37. The Hall–Kier alpha value is -1.20. The zero-order valence-electron chi connectivity index (χ0n) is 11.0. The predicted molar refractivity (Wildman–Crippen MR) is 77.3 cm³/mol. The minimum absolute atomic E-state index is 0.169. The lowest BCUT2D eigenvalue weighted by molar-refractivity contribution is 0.613. The minimum atomic E-state index is -0.273. The van der Waals surface area contributed by atoms with E-state index in [1.165, 1.54) is 6.07 Å². The zero-order chi connectivity index (χ0) is 14.0. The van der Waals surface area contributed by atoms with Gasteiger partial charge in [0.1, 0.15) is 5.82 Å². The van der Waals surface area contributed by atoms with E-state index in [1.54, 1.807) is 12.1 Å². The fourth-order valence-corrected chi connectivity index (χ4v) is 2.42. The van der Waals surface area contributed by atoms with Crippen LogP contribution in [-0.4, -0.2) is 9.78 Å². The van der Waals surface area contributed by atoms with Gasteiger partial charge in [-0.2, -0.15) is 5.10 Å². The molecule has 0 fully saturated rings. The number of benzene rings is 1. The number of nitrogens with two attached hydrogens (primary N) is 1. The van der Waals surface area contributed by atoms with E-state index in [0.29, 0.717) is 10.9 Å². The van der Waals surface area contributed by atoms with Crippen molar-refractivity contribution in [1.29, 1.82) is 0 Å². The molecule has 0 spiro atoms. The molecule has 0 aliphatic carbocycles. The third-order valence-electron chi connectivity index (χ3n) is 3.19. The van der Waals surface area contributed by atoms with E-state index in [4.69, 9.17) is 5.73 Å². The van der Waals surface area contributed by atoms with Crippen molar-refractivity contribution in [2.24, 2.45) is 12.8 Å². The van der Waals surface area contributed by atoms with Crippen molar-refractivity contribution >= 4 is 15.9 Å². The number of halogens is 2. The molecule has 0 saturated heterocycles. The SMILES string of the molecule is CCc1cc(CC(N)c2ccc(F)c(Br)c2)n(C)n1. The second-order valence-electron chi connectivity index (χ2n) is 4.59. The summed E-state index contributed by atoms with van der Waals surface area (Å²) >= 11 is 3.18. The van der Waals surface area contributed by atoms with Crippen LogP contribution in [0.15, 0.2) is 28.7 Å². The highest BCUT2D eigenvalue weighted by atomic mass is 79.9. The molecule has 0 aliphatic heterocycles. The molecule has 3 nitrogen and oxygen atoms in total. The average molecular weight is 326 g/mol. The van der Waals surface area contributed by atoms with Gasteiger partial charge in [-0.1, -0.05) is 13.0 Å². The van der Waals surface area contributed by atoms with Gasteiger partial charge in [0.25, 0.3) is 0 Å². The largest absolute Gasteiger partial charge is 0.324 e. The lowest BCUT2D eigenvalue weighted by Gasteiger charge is -2.12. The number of hydrogen-bond donors (Lipinski definition) is 1. The Morgan fingerprint density at radius 2 is 2.16 bits per heavy atom. The summed E-state index contributed by atoms with van der Waals surface area (Å²) in [4.78, 5) is 0. The number of aryl methyl sites for hydroxylation is 2. The Balaban J connectivity index is 2.17. The lowest BCUT2D eigenvalue weighted by atomic mass is 10.0. The van der Waals surface area contributed by atoms with Crippen molar-refractivity contribution in [3.63, 3.8) is 0 Å². The molecule has 1 unspecified atom stereocenters. The molecule has 0 aliphatic rings. The third-order valence-corrected chi connectivity index (χ3v) is 3.80. The summed E-state index contributed by atoms with van der Waals surface area (Å²) in [5.41, 5.74) is 9.24. The predicted octanol–water partition coefficient (Wildman–Crippen LogP) is 3.13. The van der Waals surface area contributed by atoms with E-state index in [2.05, 4.69) is 34.0 Å². The molecule has 1 atom stereocenters. The summed E-state index contributed by atoms with van der Waals surface area (Å²) in [5, 5.41) is 4.40. The summed E-state index contributed by atoms with van der Waals surface area (Å²) in [5.74, 6) is -0.273. The summed E-state index contributed by atoms with van der Waals surface area (Å²) < 4.78 is 15.5. The van der Waals surface area contributed by atoms with Crippen LogP contribution >= 0.6 is 15.9 Å². The molecule has 1 aromatic heterocycles. The van der Waals surface area contributed by atoms with E-state index in [-0.39, 0.29) is 11.9 Å². The van der Waals surface area contributed by atoms with Crippen molar-refractivity contribution in [2.75, 3.05) is 0 Å². The maximum Gasteiger partial charge on any atom is 0.137 e. The van der Waals surface area contributed by atoms with Crippen LogP contribution in [-0.2, 0) is 19.9 Å². The van der Waals surface area contributed by atoms with Crippen molar-refractivity contribution in [2.45, 2.75) is 25.8 Å². The van der Waals surface area contributed by atoms with Gasteiger partial charge in [0.15, 0.2) is 0 Å². The highest BCUT2D eigenvalue weighted by Gasteiger charge is 2.12. The molecular formula is C14H17BrFN3. The number of nitrogens with zero attached hydrogens (tertiary/aromatic N) is 2. The lowest BCUT2D eigenvalue weighted by Crippen LogP contribution is -2.15. The fraction of sp³-hybridized carbons (Fsp3) is 0.357. The molecule has 1 aromatic carbocycles. The standard InChI is InChI=1S/C14H17BrFN3/c1-3-10-7-11(19(2)18-10)8-14(17)9-4-5-13(16)12(15)6-9/h4-7,14H,3,8,17H2,1-2H3. The van der Waals surface area contributed by atoms with Crippen LogP contribution in [0, 0.1) is 5.82 Å². The maximum atomic E-state index is 13.2. The van der Waals surface area contributed by atoms with Crippen LogP contribution in [0.25, 0.3) is 0 Å². The first-order valence-electron chi connectivity index (χ1n) is 6.23. The van der Waals surface area contributed by atoms with Crippen LogP contribution in [0.2, 0.25) is 0 Å². The Morgan fingerprint density at radius 3 is 2.74 bits per heavy atom. The van der Waals surface area contributed by atoms with E-state index >= 15 is 0 Å². The normalized spacial score (nSPS) is 12.7. The van der Waals surface area contributed by atoms with Crippen LogP contribution < -0.4 is 5.73 Å². The molecule has 0 radical (unpaired) electrons. The molecule has 5 heteroatoms. The van der Waals surface area contributed by atoms with Gasteiger partial charge < -0.3 is 5.73 Å². The second kappa shape index (κ2) is 5.84. The van der Waals surface area contributed by atoms with E-state index < -0.39 is 0 Å². The van der Waals surface area contributed by atoms with E-state index in [1.807, 2.05) is 11.7 Å². The molecule has 0 saturated carbocycles. The molecule has 0 bridgehead atoms. The number of aromatic nitrogens is 2. The van der Waals surface area contributed by atoms with E-state index in [9.17, 15) is 4.39 Å². The van der Waals surface area contributed by atoms with E-state index in [0.717, 1.165) is 23.4 Å². The highest BCUT2D eigenvalue weighted by molar-refractivity contribution is 9.10. The van der Waals surface area contributed by atoms with Crippen LogP contribution in [0.1, 0.15) is 29.9 Å². The Bertz CT molecular complexity index is 580. The van der Waals surface area contributed by atoms with Crippen LogP contribution in [0.5, 0.6) is 0 Å². The molecule has 2 rings (SSSR count). The van der Waals surface area contributed by atoms with Crippen LogP contribution in [0.4, 0.5) is 4.39 Å². The topological polar surface area (TPSA) is 43.8 Å². The number of rotatable bonds is 4. The van der Waals surface area contributed by atoms with Gasteiger partial charge in [0.2, 0.25) is 0 Å². The van der Waals surface area contributed by atoms with Crippen molar-refractivity contribution in [1.82, 2.24) is 9.78 Å². The maximum absolute atomic E-state index is 13.2. The van der Waals surface area contributed by atoms with Crippen molar-refractivity contribution < 1.29 is 4.39 Å². The Morgan fingerprint density at radius 1 is 1.42 bits per heavy atom. The second-order valence-corrected chi connectivity index (χ2v) is 5.44. The summed E-state index contributed by atoms with van der Waals surface area (Å²) in [6, 6.07) is 6.79. The molecule has 19 heavy (non-hydrogen) atoms. The van der Waals surface area contributed by atoms with Gasteiger partial charge in [-0.05, 0) is 46.1 Å². The Labute approximate surface area is 120 Å². The minimum Gasteiger partial charge on any atom is -0.324 e. The van der Waals surface area contributed by atoms with Crippen molar-refractivity contribution in [3.8, 4) is 0 Å². The fourth-order valence-electron chi connectivity index (χ4n) is 2.02. The molecule has 2 N–H and O–H groups in total. The van der Waals surface area contributed by atoms with Gasteiger partial charge in [0, 0.05) is 25.2 Å². The molecule has 102 valence electrons. The van der Waals surface area contributed by atoms with Gasteiger partial charge in [-0.25, -0.2) is 4.39 Å². The van der Waals surface area contributed by atoms with Gasteiger partial charge in [-0.15, -0.1) is 0 Å². The molecule has 1 heterocycles. The number of hydrogen-bond acceptors (Lipinski definition) is 2. The average Bonchev–Trinajstić information content (AvgIpc) is 2.73. The summed E-state index contributed by atoms with van der Waals surface area (Å²) in [7, 11) is 1.92. The van der Waals surface area contributed by atoms with Gasteiger partial charge in [0.05, 0.1) is 10.2 Å². The first-order chi connectivity index (χ1) is 9.01. The zero-order valence-corrected chi connectivity index (χ0v) is 12.6. The summed E-state index contributed by atoms with van der Waals surface area (Å²) in [6.45, 7) is 2.07. The molecular weight excluding hydrogens is 309 g/mol. The van der Waals surface area contributed by atoms with Crippen molar-refractivity contribution in [3.05, 3.63) is 51.5 Å².